The summed E-state index contributed by atoms with van der Waals surface area (Å²) in [7, 11) is 2.16. The molecule has 1 saturated heterocycles. The molecule has 7 heteroatoms. The zero-order valence-electron chi connectivity index (χ0n) is 14.8. The smallest absolute Gasteiger partial charge is 0.173 e. The number of halogens is 1. The number of likely N-dealkylation sites (N-methyl/N-ethyl adjacent to an activating group) is 1. The Kier molecular flexibility index (Phi) is 4.90. The third kappa shape index (κ3) is 3.61. The van der Waals surface area contributed by atoms with Crippen molar-refractivity contribution in [2.45, 2.75) is 32.4 Å². The summed E-state index contributed by atoms with van der Waals surface area (Å²) in [6.07, 6.45) is 0. The van der Waals surface area contributed by atoms with Gasteiger partial charge in [0.1, 0.15) is 0 Å². The summed E-state index contributed by atoms with van der Waals surface area (Å²) >= 11 is 6.08. The van der Waals surface area contributed by atoms with E-state index >= 15 is 0 Å². The highest BCUT2D eigenvalue weighted by Crippen LogP contribution is 2.30. The van der Waals surface area contributed by atoms with Crippen LogP contribution in [0.3, 0.4) is 0 Å². The van der Waals surface area contributed by atoms with E-state index in [1.807, 2.05) is 16.8 Å². The molecule has 0 spiro atoms. The summed E-state index contributed by atoms with van der Waals surface area (Å²) in [6, 6.07) is 8.06. The van der Waals surface area contributed by atoms with Crippen LogP contribution in [0.1, 0.15) is 38.2 Å². The van der Waals surface area contributed by atoms with Crippen molar-refractivity contribution in [3.8, 4) is 0 Å². The molecule has 1 atom stereocenters. The maximum atomic E-state index is 6.08. The summed E-state index contributed by atoms with van der Waals surface area (Å²) < 4.78 is 1.94. The SMILES string of the molecule is CN1CCN([C@H](c2ccc(Cl)cc2)c2nnnn2C(C)(C)C)CC1. The molecule has 1 aliphatic heterocycles. The summed E-state index contributed by atoms with van der Waals surface area (Å²) in [4.78, 5) is 4.80. The fraction of sp³-hybridized carbons (Fsp3) is 0.588. The molecule has 130 valence electrons. The van der Waals surface area contributed by atoms with Crippen molar-refractivity contribution in [2.75, 3.05) is 33.2 Å². The lowest BCUT2D eigenvalue weighted by Crippen LogP contribution is -2.47. The van der Waals surface area contributed by atoms with Gasteiger partial charge in [-0.3, -0.25) is 4.90 Å². The summed E-state index contributed by atoms with van der Waals surface area (Å²) in [5, 5.41) is 13.3. The summed E-state index contributed by atoms with van der Waals surface area (Å²) in [6.45, 7) is 10.4. The van der Waals surface area contributed by atoms with Crippen LogP contribution in [0.25, 0.3) is 0 Å². The minimum atomic E-state index is -0.171. The van der Waals surface area contributed by atoms with Gasteiger partial charge in [0.2, 0.25) is 0 Å². The van der Waals surface area contributed by atoms with Crippen LogP contribution in [0.4, 0.5) is 0 Å². The van der Waals surface area contributed by atoms with Gasteiger partial charge in [-0.2, -0.15) is 0 Å². The Morgan fingerprint density at radius 2 is 1.67 bits per heavy atom. The van der Waals surface area contributed by atoms with E-state index in [2.05, 4.69) is 65.3 Å². The van der Waals surface area contributed by atoms with Crippen LogP contribution in [-0.4, -0.2) is 63.2 Å². The van der Waals surface area contributed by atoms with Crippen LogP contribution >= 0.6 is 11.6 Å². The molecule has 0 saturated carbocycles. The van der Waals surface area contributed by atoms with Crippen molar-refractivity contribution in [2.24, 2.45) is 0 Å². The van der Waals surface area contributed by atoms with Gasteiger partial charge >= 0.3 is 0 Å². The van der Waals surface area contributed by atoms with Crippen molar-refractivity contribution in [3.05, 3.63) is 40.7 Å². The van der Waals surface area contributed by atoms with Gasteiger partial charge in [-0.25, -0.2) is 4.68 Å². The van der Waals surface area contributed by atoms with Crippen LogP contribution in [0.5, 0.6) is 0 Å². The first-order valence-corrected chi connectivity index (χ1v) is 8.71. The summed E-state index contributed by atoms with van der Waals surface area (Å²) in [5.74, 6) is 0.884. The highest BCUT2D eigenvalue weighted by Gasteiger charge is 2.32. The molecule has 0 amide bonds. The van der Waals surface area contributed by atoms with Gasteiger partial charge in [0.15, 0.2) is 5.82 Å². The van der Waals surface area contributed by atoms with Crippen LogP contribution < -0.4 is 0 Å². The van der Waals surface area contributed by atoms with Crippen LogP contribution in [0.15, 0.2) is 24.3 Å². The minimum absolute atomic E-state index is 0.0326. The largest absolute Gasteiger partial charge is 0.304 e. The fourth-order valence-electron chi connectivity index (χ4n) is 3.09. The number of tetrazole rings is 1. The Bertz CT molecular complexity index is 667. The van der Waals surface area contributed by atoms with Crippen LogP contribution in [0.2, 0.25) is 5.02 Å². The first-order valence-electron chi connectivity index (χ1n) is 8.33. The van der Waals surface area contributed by atoms with Crippen molar-refractivity contribution < 1.29 is 0 Å². The average molecular weight is 349 g/mol. The number of piperazine rings is 1. The van der Waals surface area contributed by atoms with Gasteiger partial charge in [-0.15, -0.1) is 5.10 Å². The van der Waals surface area contributed by atoms with Crippen molar-refractivity contribution >= 4 is 11.6 Å². The topological polar surface area (TPSA) is 50.1 Å². The van der Waals surface area contributed by atoms with E-state index in [4.69, 9.17) is 11.6 Å². The zero-order valence-corrected chi connectivity index (χ0v) is 15.5. The second-order valence-electron chi connectivity index (χ2n) is 7.41. The Hall–Kier alpha value is -1.50. The molecular weight excluding hydrogens is 324 g/mol. The predicted molar refractivity (Wildman–Crippen MR) is 95.2 cm³/mol. The number of rotatable bonds is 3. The van der Waals surface area contributed by atoms with E-state index in [9.17, 15) is 0 Å². The molecule has 1 aromatic carbocycles. The third-order valence-corrected chi connectivity index (χ3v) is 4.71. The molecule has 0 unspecified atom stereocenters. The maximum absolute atomic E-state index is 6.08. The van der Waals surface area contributed by atoms with Crippen LogP contribution in [-0.2, 0) is 5.54 Å². The van der Waals surface area contributed by atoms with Gasteiger partial charge in [0.25, 0.3) is 0 Å². The van der Waals surface area contributed by atoms with E-state index in [-0.39, 0.29) is 11.6 Å². The van der Waals surface area contributed by atoms with Crippen molar-refractivity contribution in [1.29, 1.82) is 0 Å². The molecule has 0 bridgehead atoms. The molecule has 2 heterocycles. The lowest BCUT2D eigenvalue weighted by Gasteiger charge is -2.38. The number of hydrogen-bond donors (Lipinski definition) is 0. The lowest BCUT2D eigenvalue weighted by atomic mass is 10.0. The molecular formula is C17H25ClN6. The van der Waals surface area contributed by atoms with E-state index in [1.54, 1.807) is 0 Å². The molecule has 2 aromatic rings. The Balaban J connectivity index is 2.02. The molecule has 6 nitrogen and oxygen atoms in total. The molecule has 0 N–H and O–H groups in total. The van der Waals surface area contributed by atoms with Gasteiger partial charge in [0.05, 0.1) is 11.6 Å². The number of aromatic nitrogens is 4. The number of hydrogen-bond acceptors (Lipinski definition) is 5. The monoisotopic (exact) mass is 348 g/mol. The van der Waals surface area contributed by atoms with E-state index in [0.29, 0.717) is 0 Å². The fourth-order valence-corrected chi connectivity index (χ4v) is 3.22. The van der Waals surface area contributed by atoms with Gasteiger partial charge in [0, 0.05) is 31.2 Å². The third-order valence-electron chi connectivity index (χ3n) is 4.46. The standard InChI is InChI=1S/C17H25ClN6/c1-17(2,3)24-16(19-20-21-24)15(13-5-7-14(18)8-6-13)23-11-9-22(4)10-12-23/h5-8,15H,9-12H2,1-4H3/t15-/m1/s1. The summed E-state index contributed by atoms with van der Waals surface area (Å²) in [5.41, 5.74) is 1.00. The second-order valence-corrected chi connectivity index (χ2v) is 7.85. The number of nitrogens with zero attached hydrogens (tertiary/aromatic N) is 6. The van der Waals surface area contributed by atoms with E-state index in [0.717, 1.165) is 37.0 Å². The van der Waals surface area contributed by atoms with Crippen molar-refractivity contribution in [3.63, 3.8) is 0 Å². The second kappa shape index (κ2) is 6.78. The normalized spacial score (nSPS) is 18.7. The molecule has 3 rings (SSSR count). The predicted octanol–water partition coefficient (Wildman–Crippen LogP) is 2.42. The molecule has 0 aliphatic carbocycles. The lowest BCUT2D eigenvalue weighted by molar-refractivity contribution is 0.118. The van der Waals surface area contributed by atoms with Crippen molar-refractivity contribution in [1.82, 2.24) is 30.0 Å². The minimum Gasteiger partial charge on any atom is -0.304 e. The van der Waals surface area contributed by atoms with E-state index < -0.39 is 0 Å². The quantitative estimate of drug-likeness (QED) is 0.852. The number of benzene rings is 1. The molecule has 1 fully saturated rings. The Labute approximate surface area is 148 Å². The maximum Gasteiger partial charge on any atom is 0.173 e. The van der Waals surface area contributed by atoms with Gasteiger partial charge < -0.3 is 4.90 Å². The highest BCUT2D eigenvalue weighted by atomic mass is 35.5. The van der Waals surface area contributed by atoms with Gasteiger partial charge in [-0.1, -0.05) is 23.7 Å². The van der Waals surface area contributed by atoms with E-state index in [1.165, 1.54) is 5.56 Å². The Morgan fingerprint density at radius 1 is 1.04 bits per heavy atom. The highest BCUT2D eigenvalue weighted by molar-refractivity contribution is 6.30. The first-order chi connectivity index (χ1) is 11.4. The average Bonchev–Trinajstić information content (AvgIpc) is 3.01. The molecule has 0 radical (unpaired) electrons. The molecule has 1 aromatic heterocycles. The molecule has 1 aliphatic rings. The Morgan fingerprint density at radius 3 is 2.25 bits per heavy atom. The van der Waals surface area contributed by atoms with Crippen LogP contribution in [0, 0.1) is 0 Å². The van der Waals surface area contributed by atoms with Gasteiger partial charge in [-0.05, 0) is 55.9 Å². The molecule has 24 heavy (non-hydrogen) atoms. The first kappa shape index (κ1) is 17.3. The zero-order chi connectivity index (χ0) is 17.3.